The molecule has 0 bridgehead atoms. The van der Waals surface area contributed by atoms with E-state index in [1.54, 1.807) is 54.6 Å². The van der Waals surface area contributed by atoms with Crippen LogP contribution in [0.1, 0.15) is 13.8 Å². The molecule has 0 aromatic heterocycles. The number of carbonyl (C=O) groups is 2. The molecule has 0 saturated carbocycles. The molecule has 2 rings (SSSR count). The van der Waals surface area contributed by atoms with Crippen molar-refractivity contribution in [2.45, 2.75) is 19.9 Å². The largest absolute Gasteiger partial charge is 0.326 e. The van der Waals surface area contributed by atoms with Crippen LogP contribution < -0.4 is 14.9 Å². The smallest absolute Gasteiger partial charge is 0.247 e. The molecule has 138 valence electrons. The predicted octanol–water partition coefficient (Wildman–Crippen LogP) is 2.44. The molecule has 26 heavy (non-hydrogen) atoms. The molecular weight excluding hydrogens is 354 g/mol. The number of amides is 2. The van der Waals surface area contributed by atoms with Crippen molar-refractivity contribution in [3.63, 3.8) is 0 Å². The number of para-hydroxylation sites is 1. The van der Waals surface area contributed by atoms with E-state index in [0.717, 1.165) is 10.6 Å². The van der Waals surface area contributed by atoms with E-state index in [2.05, 4.69) is 10.6 Å². The highest BCUT2D eigenvalue weighted by Gasteiger charge is 2.29. The first-order chi connectivity index (χ1) is 12.2. The molecule has 2 amide bonds. The lowest BCUT2D eigenvalue weighted by Crippen LogP contribution is -2.45. The lowest BCUT2D eigenvalue weighted by atomic mass is 10.2. The van der Waals surface area contributed by atoms with Gasteiger partial charge in [0.25, 0.3) is 0 Å². The Bertz CT molecular complexity index is 880. The molecule has 1 atom stereocenters. The zero-order chi connectivity index (χ0) is 19.3. The first kappa shape index (κ1) is 19.5. The van der Waals surface area contributed by atoms with Crippen molar-refractivity contribution < 1.29 is 18.0 Å². The fourth-order valence-electron chi connectivity index (χ4n) is 2.47. The zero-order valence-corrected chi connectivity index (χ0v) is 15.6. The number of nitrogens with zero attached hydrogens (tertiary/aromatic N) is 1. The summed E-state index contributed by atoms with van der Waals surface area (Å²) in [5.74, 6) is -0.659. The van der Waals surface area contributed by atoms with Gasteiger partial charge in [0, 0.05) is 18.3 Å². The molecule has 0 aliphatic rings. The molecule has 2 N–H and O–H groups in total. The maximum atomic E-state index is 12.5. The summed E-state index contributed by atoms with van der Waals surface area (Å²) in [5, 5.41) is 5.32. The highest BCUT2D eigenvalue weighted by molar-refractivity contribution is 7.92. The quantitative estimate of drug-likeness (QED) is 0.811. The molecule has 0 heterocycles. The van der Waals surface area contributed by atoms with Crippen molar-refractivity contribution in [3.05, 3.63) is 54.6 Å². The summed E-state index contributed by atoms with van der Waals surface area (Å²) in [4.78, 5) is 23.6. The Labute approximate surface area is 153 Å². The third kappa shape index (κ3) is 5.06. The molecule has 0 fully saturated rings. The molecule has 0 aliphatic carbocycles. The zero-order valence-electron chi connectivity index (χ0n) is 14.8. The number of nitrogens with one attached hydrogen (secondary N) is 2. The van der Waals surface area contributed by atoms with Crippen molar-refractivity contribution in [1.29, 1.82) is 0 Å². The van der Waals surface area contributed by atoms with E-state index < -0.39 is 22.0 Å². The maximum absolute atomic E-state index is 12.5. The van der Waals surface area contributed by atoms with E-state index in [4.69, 9.17) is 0 Å². The molecular formula is C18H21N3O4S. The van der Waals surface area contributed by atoms with Gasteiger partial charge in [-0.25, -0.2) is 8.42 Å². The topological polar surface area (TPSA) is 95.6 Å². The Morgan fingerprint density at radius 1 is 0.923 bits per heavy atom. The summed E-state index contributed by atoms with van der Waals surface area (Å²) in [5.41, 5.74) is 1.52. The van der Waals surface area contributed by atoms with E-state index in [9.17, 15) is 18.0 Å². The predicted molar refractivity (Wildman–Crippen MR) is 103 cm³/mol. The number of hydrogen-bond acceptors (Lipinski definition) is 4. The van der Waals surface area contributed by atoms with Crippen LogP contribution in [-0.2, 0) is 19.6 Å². The van der Waals surface area contributed by atoms with Crippen molar-refractivity contribution >= 4 is 38.9 Å². The van der Waals surface area contributed by atoms with E-state index in [1.807, 2.05) is 0 Å². The summed E-state index contributed by atoms with van der Waals surface area (Å²) >= 11 is 0. The average Bonchev–Trinajstić information content (AvgIpc) is 2.56. The summed E-state index contributed by atoms with van der Waals surface area (Å²) in [6.07, 6.45) is 1.06. The number of sulfonamides is 1. The highest BCUT2D eigenvalue weighted by atomic mass is 32.2. The first-order valence-corrected chi connectivity index (χ1v) is 9.76. The van der Waals surface area contributed by atoms with E-state index in [-0.39, 0.29) is 5.91 Å². The third-order valence-electron chi connectivity index (χ3n) is 3.57. The van der Waals surface area contributed by atoms with Gasteiger partial charge in [-0.2, -0.15) is 0 Å². The Morgan fingerprint density at radius 2 is 1.42 bits per heavy atom. The molecule has 0 aliphatic heterocycles. The molecule has 0 radical (unpaired) electrons. The SMILES string of the molecule is CC(=O)Nc1ccc(NC(=O)[C@H](C)N(c2ccccc2)S(C)(=O)=O)cc1. The van der Waals surface area contributed by atoms with Crippen LogP contribution in [0.25, 0.3) is 0 Å². The number of rotatable bonds is 6. The minimum absolute atomic E-state index is 0.193. The van der Waals surface area contributed by atoms with Crippen LogP contribution in [0.3, 0.4) is 0 Å². The van der Waals surface area contributed by atoms with Crippen LogP contribution in [0.15, 0.2) is 54.6 Å². The molecule has 0 unspecified atom stereocenters. The van der Waals surface area contributed by atoms with Gasteiger partial charge in [-0.15, -0.1) is 0 Å². The lowest BCUT2D eigenvalue weighted by Gasteiger charge is -2.28. The summed E-state index contributed by atoms with van der Waals surface area (Å²) in [6, 6.07) is 14.1. The summed E-state index contributed by atoms with van der Waals surface area (Å²) in [7, 11) is -3.65. The van der Waals surface area contributed by atoms with Crippen molar-refractivity contribution in [1.82, 2.24) is 0 Å². The monoisotopic (exact) mass is 375 g/mol. The second-order valence-corrected chi connectivity index (χ2v) is 7.68. The fraction of sp³-hybridized carbons (Fsp3) is 0.222. The second kappa shape index (κ2) is 8.01. The normalized spacial score (nSPS) is 12.1. The van der Waals surface area contributed by atoms with E-state index in [0.29, 0.717) is 17.1 Å². The second-order valence-electron chi connectivity index (χ2n) is 5.82. The average molecular weight is 375 g/mol. The molecule has 2 aromatic carbocycles. The van der Waals surface area contributed by atoms with Gasteiger partial charge < -0.3 is 10.6 Å². The van der Waals surface area contributed by atoms with Gasteiger partial charge in [-0.05, 0) is 43.3 Å². The highest BCUT2D eigenvalue weighted by Crippen LogP contribution is 2.21. The van der Waals surface area contributed by atoms with E-state index in [1.165, 1.54) is 13.8 Å². The van der Waals surface area contributed by atoms with Gasteiger partial charge in [-0.1, -0.05) is 18.2 Å². The van der Waals surface area contributed by atoms with Crippen LogP contribution in [0.5, 0.6) is 0 Å². The number of anilines is 3. The van der Waals surface area contributed by atoms with Crippen molar-refractivity contribution in [2.75, 3.05) is 21.2 Å². The molecule has 2 aromatic rings. The lowest BCUT2D eigenvalue weighted by molar-refractivity contribution is -0.117. The Balaban J connectivity index is 2.17. The molecule has 0 spiro atoms. The van der Waals surface area contributed by atoms with Gasteiger partial charge in [0.15, 0.2) is 0 Å². The maximum Gasteiger partial charge on any atom is 0.247 e. The van der Waals surface area contributed by atoms with E-state index >= 15 is 0 Å². The van der Waals surface area contributed by atoms with Crippen LogP contribution in [0.4, 0.5) is 17.1 Å². The standard InChI is InChI=1S/C18H21N3O4S/c1-13(21(26(3,24)25)17-7-5-4-6-8-17)18(23)20-16-11-9-15(10-12-16)19-14(2)22/h4-13H,1-3H3,(H,19,22)(H,20,23)/t13-/m0/s1. The summed E-state index contributed by atoms with van der Waals surface area (Å²) in [6.45, 7) is 2.93. The van der Waals surface area contributed by atoms with Crippen LogP contribution >= 0.6 is 0 Å². The van der Waals surface area contributed by atoms with Crippen LogP contribution in [-0.4, -0.2) is 32.5 Å². The molecule has 7 nitrogen and oxygen atoms in total. The fourth-order valence-corrected chi connectivity index (χ4v) is 3.65. The summed E-state index contributed by atoms with van der Waals surface area (Å²) < 4.78 is 25.4. The Hall–Kier alpha value is -2.87. The van der Waals surface area contributed by atoms with Crippen LogP contribution in [0.2, 0.25) is 0 Å². The minimum Gasteiger partial charge on any atom is -0.326 e. The number of benzene rings is 2. The number of hydrogen-bond donors (Lipinski definition) is 2. The van der Waals surface area contributed by atoms with Gasteiger partial charge in [0.1, 0.15) is 6.04 Å². The van der Waals surface area contributed by atoms with Gasteiger partial charge in [0.05, 0.1) is 11.9 Å². The molecule has 8 heteroatoms. The first-order valence-electron chi connectivity index (χ1n) is 7.91. The third-order valence-corrected chi connectivity index (χ3v) is 4.81. The van der Waals surface area contributed by atoms with Gasteiger partial charge in [0.2, 0.25) is 21.8 Å². The minimum atomic E-state index is -3.65. The Morgan fingerprint density at radius 3 is 1.88 bits per heavy atom. The molecule has 0 saturated heterocycles. The van der Waals surface area contributed by atoms with Crippen molar-refractivity contribution in [3.8, 4) is 0 Å². The Kier molecular flexibility index (Phi) is 5.99. The number of carbonyl (C=O) groups excluding carboxylic acids is 2. The van der Waals surface area contributed by atoms with Crippen molar-refractivity contribution in [2.24, 2.45) is 0 Å². The van der Waals surface area contributed by atoms with Crippen LogP contribution in [0, 0.1) is 0 Å². The van der Waals surface area contributed by atoms with Gasteiger partial charge in [-0.3, -0.25) is 13.9 Å². The van der Waals surface area contributed by atoms with Gasteiger partial charge >= 0.3 is 0 Å².